The molecule has 0 radical (unpaired) electrons. The zero-order chi connectivity index (χ0) is 15.8. The molecule has 0 spiro atoms. The summed E-state index contributed by atoms with van der Waals surface area (Å²) >= 11 is 3.37. The molecular weight excluding hydrogens is 340 g/mol. The van der Waals surface area contributed by atoms with Crippen molar-refractivity contribution < 1.29 is 23.8 Å². The van der Waals surface area contributed by atoms with Crippen molar-refractivity contribution in [2.75, 3.05) is 20.8 Å². The Morgan fingerprint density at radius 1 is 1.24 bits per heavy atom. The van der Waals surface area contributed by atoms with Gasteiger partial charge in [-0.2, -0.15) is 0 Å². The highest BCUT2D eigenvalue weighted by molar-refractivity contribution is 9.10. The highest BCUT2D eigenvalue weighted by atomic mass is 79.9. The molecule has 0 saturated heterocycles. The van der Waals surface area contributed by atoms with Crippen molar-refractivity contribution in [1.82, 2.24) is 0 Å². The molecule has 114 valence electrons. The maximum Gasteiger partial charge on any atom is 0.313 e. The van der Waals surface area contributed by atoms with Gasteiger partial charge in [0.15, 0.2) is 17.3 Å². The van der Waals surface area contributed by atoms with Gasteiger partial charge in [-0.3, -0.25) is 9.59 Å². The van der Waals surface area contributed by atoms with Gasteiger partial charge in [0.25, 0.3) is 0 Å². The quantitative estimate of drug-likeness (QED) is 0.427. The predicted molar refractivity (Wildman–Crippen MR) is 82.5 cm³/mol. The summed E-state index contributed by atoms with van der Waals surface area (Å²) in [6, 6.07) is 3.52. The number of hydrogen-bond acceptors (Lipinski definition) is 5. The molecule has 0 aliphatic rings. The number of allylic oxidation sites excluding steroid dienone is 1. The third kappa shape index (κ3) is 5.23. The van der Waals surface area contributed by atoms with Crippen molar-refractivity contribution in [3.05, 3.63) is 28.2 Å². The summed E-state index contributed by atoms with van der Waals surface area (Å²) in [6.07, 6.45) is 2.68. The van der Waals surface area contributed by atoms with E-state index in [4.69, 9.17) is 14.2 Å². The Labute approximate surface area is 132 Å². The maximum atomic E-state index is 11.6. The average Bonchev–Trinajstić information content (AvgIpc) is 2.44. The Morgan fingerprint density at radius 3 is 2.52 bits per heavy atom. The lowest BCUT2D eigenvalue weighted by molar-refractivity contribution is -0.144. The van der Waals surface area contributed by atoms with Crippen LogP contribution in [0.4, 0.5) is 0 Å². The summed E-state index contributed by atoms with van der Waals surface area (Å²) in [4.78, 5) is 22.8. The van der Waals surface area contributed by atoms with Gasteiger partial charge in [0.2, 0.25) is 0 Å². The predicted octanol–water partition coefficient (Wildman–Crippen LogP) is 3.00. The standard InChI is InChI=1S/C15H17BrO5/c1-4-21-14(18)9-11(17)6-5-10-7-12(16)15(20-3)13(8-10)19-2/h5-8H,4,9H2,1-3H3. The Bertz CT molecular complexity index is 551. The molecule has 0 aromatic heterocycles. The number of hydrogen-bond donors (Lipinski definition) is 0. The van der Waals surface area contributed by atoms with Crippen LogP contribution in [-0.2, 0) is 14.3 Å². The number of halogens is 1. The van der Waals surface area contributed by atoms with Gasteiger partial charge in [-0.05, 0) is 46.6 Å². The van der Waals surface area contributed by atoms with E-state index in [1.54, 1.807) is 32.2 Å². The molecule has 0 N–H and O–H groups in total. The summed E-state index contributed by atoms with van der Waals surface area (Å²) in [5.41, 5.74) is 0.747. The van der Waals surface area contributed by atoms with Crippen LogP contribution < -0.4 is 9.47 Å². The van der Waals surface area contributed by atoms with Gasteiger partial charge in [-0.15, -0.1) is 0 Å². The molecule has 0 aliphatic carbocycles. The summed E-state index contributed by atoms with van der Waals surface area (Å²) in [6.45, 7) is 1.96. The minimum absolute atomic E-state index is 0.262. The second-order valence-electron chi connectivity index (χ2n) is 4.02. The topological polar surface area (TPSA) is 61.8 Å². The summed E-state index contributed by atoms with van der Waals surface area (Å²) in [7, 11) is 3.07. The number of benzene rings is 1. The first-order chi connectivity index (χ1) is 10.0. The molecule has 1 rings (SSSR count). The lowest BCUT2D eigenvalue weighted by Crippen LogP contribution is -2.09. The molecule has 21 heavy (non-hydrogen) atoms. The number of esters is 1. The average molecular weight is 357 g/mol. The van der Waals surface area contributed by atoms with Gasteiger partial charge in [-0.1, -0.05) is 6.08 Å². The molecule has 0 aliphatic heterocycles. The van der Waals surface area contributed by atoms with Crippen molar-refractivity contribution in [3.8, 4) is 11.5 Å². The second kappa shape index (κ2) is 8.46. The summed E-state index contributed by atoms with van der Waals surface area (Å²) < 4.78 is 15.8. The van der Waals surface area contributed by atoms with E-state index in [-0.39, 0.29) is 18.8 Å². The first-order valence-electron chi connectivity index (χ1n) is 6.29. The van der Waals surface area contributed by atoms with E-state index in [0.717, 1.165) is 5.56 Å². The van der Waals surface area contributed by atoms with Crippen LogP contribution in [0.15, 0.2) is 22.7 Å². The van der Waals surface area contributed by atoms with E-state index in [9.17, 15) is 9.59 Å². The van der Waals surface area contributed by atoms with Crippen LogP contribution in [0.3, 0.4) is 0 Å². The fourth-order valence-corrected chi connectivity index (χ4v) is 2.26. The minimum atomic E-state index is -0.527. The second-order valence-corrected chi connectivity index (χ2v) is 4.87. The molecule has 1 aromatic carbocycles. The molecule has 6 heteroatoms. The van der Waals surface area contributed by atoms with E-state index in [0.29, 0.717) is 16.0 Å². The van der Waals surface area contributed by atoms with Crippen LogP contribution >= 0.6 is 15.9 Å². The molecule has 0 fully saturated rings. The summed E-state index contributed by atoms with van der Waals surface area (Å²) in [5.74, 6) is 0.275. The lowest BCUT2D eigenvalue weighted by Gasteiger charge is -2.10. The van der Waals surface area contributed by atoms with E-state index in [1.807, 2.05) is 0 Å². The Morgan fingerprint density at radius 2 is 1.95 bits per heavy atom. The van der Waals surface area contributed by atoms with Crippen molar-refractivity contribution >= 4 is 33.8 Å². The first-order valence-corrected chi connectivity index (χ1v) is 7.09. The Balaban J connectivity index is 2.83. The first kappa shape index (κ1) is 17.2. The third-order valence-electron chi connectivity index (χ3n) is 2.54. The van der Waals surface area contributed by atoms with Crippen molar-refractivity contribution in [3.63, 3.8) is 0 Å². The Kier molecular flexibility index (Phi) is 6.94. The molecule has 0 heterocycles. The molecular formula is C15H17BrO5. The van der Waals surface area contributed by atoms with E-state index < -0.39 is 5.97 Å². The largest absolute Gasteiger partial charge is 0.493 e. The molecule has 0 amide bonds. The fourth-order valence-electron chi connectivity index (χ4n) is 1.64. The number of methoxy groups -OCH3 is 2. The van der Waals surface area contributed by atoms with Gasteiger partial charge >= 0.3 is 5.97 Å². The van der Waals surface area contributed by atoms with Gasteiger partial charge in [0.05, 0.1) is 25.3 Å². The highest BCUT2D eigenvalue weighted by Gasteiger charge is 2.10. The van der Waals surface area contributed by atoms with Crippen LogP contribution in [0.2, 0.25) is 0 Å². The van der Waals surface area contributed by atoms with E-state index in [1.165, 1.54) is 13.2 Å². The highest BCUT2D eigenvalue weighted by Crippen LogP contribution is 2.36. The third-order valence-corrected chi connectivity index (χ3v) is 3.13. The summed E-state index contributed by atoms with van der Waals surface area (Å²) in [5, 5.41) is 0. The zero-order valence-electron chi connectivity index (χ0n) is 12.1. The normalized spacial score (nSPS) is 10.5. The molecule has 5 nitrogen and oxygen atoms in total. The monoisotopic (exact) mass is 356 g/mol. The lowest BCUT2D eigenvalue weighted by atomic mass is 10.1. The maximum absolute atomic E-state index is 11.6. The molecule has 1 aromatic rings. The van der Waals surface area contributed by atoms with Gasteiger partial charge in [0, 0.05) is 0 Å². The van der Waals surface area contributed by atoms with E-state index in [2.05, 4.69) is 15.9 Å². The Hall–Kier alpha value is -1.82. The fraction of sp³-hybridized carbons (Fsp3) is 0.333. The van der Waals surface area contributed by atoms with Crippen molar-refractivity contribution in [2.24, 2.45) is 0 Å². The van der Waals surface area contributed by atoms with Gasteiger partial charge in [-0.25, -0.2) is 0 Å². The molecule has 0 atom stereocenters. The van der Waals surface area contributed by atoms with E-state index >= 15 is 0 Å². The van der Waals surface area contributed by atoms with Crippen LogP contribution in [0.25, 0.3) is 6.08 Å². The van der Waals surface area contributed by atoms with Crippen molar-refractivity contribution in [2.45, 2.75) is 13.3 Å². The van der Waals surface area contributed by atoms with Crippen LogP contribution in [-0.4, -0.2) is 32.6 Å². The van der Waals surface area contributed by atoms with Gasteiger partial charge in [0.1, 0.15) is 6.42 Å². The smallest absolute Gasteiger partial charge is 0.313 e. The van der Waals surface area contributed by atoms with Crippen LogP contribution in [0.5, 0.6) is 11.5 Å². The van der Waals surface area contributed by atoms with Crippen LogP contribution in [0, 0.1) is 0 Å². The SMILES string of the molecule is CCOC(=O)CC(=O)C=Cc1cc(Br)c(OC)c(OC)c1. The van der Waals surface area contributed by atoms with Crippen molar-refractivity contribution in [1.29, 1.82) is 0 Å². The van der Waals surface area contributed by atoms with Gasteiger partial charge < -0.3 is 14.2 Å². The number of ketones is 1. The number of carbonyl (C=O) groups is 2. The number of rotatable bonds is 7. The molecule has 0 unspecified atom stereocenters. The number of carbonyl (C=O) groups excluding carboxylic acids is 2. The minimum Gasteiger partial charge on any atom is -0.493 e. The molecule has 0 saturated carbocycles. The zero-order valence-corrected chi connectivity index (χ0v) is 13.7. The molecule has 0 bridgehead atoms. The number of ether oxygens (including phenoxy) is 3. The van der Waals surface area contributed by atoms with Crippen LogP contribution in [0.1, 0.15) is 18.9 Å².